The second kappa shape index (κ2) is 8.43. The number of ether oxygens (including phenoxy) is 2. The average molecular weight is 334 g/mol. The molecule has 0 unspecified atom stereocenters. The van der Waals surface area contributed by atoms with Crippen molar-refractivity contribution < 1.29 is 14.3 Å². The van der Waals surface area contributed by atoms with Crippen molar-refractivity contribution in [2.24, 2.45) is 0 Å². The Morgan fingerprint density at radius 2 is 2.09 bits per heavy atom. The SMILES string of the molecule is CCCN(Cc1ccsc1)C(=O)Nc1ccc(OC)cc1OC. The largest absolute Gasteiger partial charge is 0.497 e. The third kappa shape index (κ3) is 4.63. The van der Waals surface area contributed by atoms with Gasteiger partial charge in [-0.05, 0) is 40.9 Å². The van der Waals surface area contributed by atoms with Gasteiger partial charge >= 0.3 is 6.03 Å². The lowest BCUT2D eigenvalue weighted by molar-refractivity contribution is 0.209. The van der Waals surface area contributed by atoms with Crippen LogP contribution in [0, 0.1) is 0 Å². The Bertz CT molecular complexity index is 629. The number of hydrogen-bond donors (Lipinski definition) is 1. The van der Waals surface area contributed by atoms with Gasteiger partial charge in [-0.25, -0.2) is 4.79 Å². The predicted molar refractivity (Wildman–Crippen MR) is 93.6 cm³/mol. The van der Waals surface area contributed by atoms with Crippen LogP contribution in [0.1, 0.15) is 18.9 Å². The normalized spacial score (nSPS) is 10.2. The minimum atomic E-state index is -0.137. The lowest BCUT2D eigenvalue weighted by Crippen LogP contribution is -2.35. The number of hydrogen-bond acceptors (Lipinski definition) is 4. The van der Waals surface area contributed by atoms with Gasteiger partial charge in [-0.1, -0.05) is 6.92 Å². The Morgan fingerprint density at radius 1 is 1.26 bits per heavy atom. The Hall–Kier alpha value is -2.21. The molecule has 2 aromatic rings. The van der Waals surface area contributed by atoms with E-state index in [2.05, 4.69) is 17.6 Å². The molecule has 0 fully saturated rings. The highest BCUT2D eigenvalue weighted by molar-refractivity contribution is 7.07. The summed E-state index contributed by atoms with van der Waals surface area (Å²) >= 11 is 1.63. The lowest BCUT2D eigenvalue weighted by atomic mass is 10.2. The summed E-state index contributed by atoms with van der Waals surface area (Å²) in [5.74, 6) is 1.26. The third-order valence-electron chi connectivity index (χ3n) is 3.38. The molecule has 5 nitrogen and oxygen atoms in total. The number of carbonyl (C=O) groups excluding carboxylic acids is 1. The molecule has 1 heterocycles. The number of urea groups is 1. The van der Waals surface area contributed by atoms with Crippen molar-refractivity contribution in [1.29, 1.82) is 0 Å². The molecule has 6 heteroatoms. The smallest absolute Gasteiger partial charge is 0.322 e. The molecular formula is C17H22N2O3S. The van der Waals surface area contributed by atoms with Gasteiger partial charge in [-0.2, -0.15) is 11.3 Å². The van der Waals surface area contributed by atoms with Crippen LogP contribution in [-0.4, -0.2) is 31.7 Å². The zero-order chi connectivity index (χ0) is 16.7. The quantitative estimate of drug-likeness (QED) is 0.825. The number of anilines is 1. The van der Waals surface area contributed by atoms with Gasteiger partial charge in [-0.15, -0.1) is 0 Å². The summed E-state index contributed by atoms with van der Waals surface area (Å²) in [7, 11) is 3.16. The van der Waals surface area contributed by atoms with Crippen molar-refractivity contribution in [3.8, 4) is 11.5 Å². The molecule has 0 saturated carbocycles. The van der Waals surface area contributed by atoms with Gasteiger partial charge < -0.3 is 19.7 Å². The van der Waals surface area contributed by atoms with Crippen LogP contribution < -0.4 is 14.8 Å². The summed E-state index contributed by atoms with van der Waals surface area (Å²) in [6.45, 7) is 3.35. The van der Waals surface area contributed by atoms with Crippen LogP contribution >= 0.6 is 11.3 Å². The summed E-state index contributed by atoms with van der Waals surface area (Å²) < 4.78 is 10.5. The number of nitrogens with one attached hydrogen (secondary N) is 1. The number of nitrogens with zero attached hydrogens (tertiary/aromatic N) is 1. The van der Waals surface area contributed by atoms with E-state index in [9.17, 15) is 4.79 Å². The molecule has 0 atom stereocenters. The van der Waals surface area contributed by atoms with E-state index < -0.39 is 0 Å². The molecule has 124 valence electrons. The van der Waals surface area contributed by atoms with Crippen LogP contribution in [-0.2, 0) is 6.54 Å². The minimum absolute atomic E-state index is 0.137. The summed E-state index contributed by atoms with van der Waals surface area (Å²) in [5, 5.41) is 7.00. The van der Waals surface area contributed by atoms with Crippen molar-refractivity contribution in [3.05, 3.63) is 40.6 Å². The summed E-state index contributed by atoms with van der Waals surface area (Å²) in [6, 6.07) is 7.22. The molecule has 0 bridgehead atoms. The highest BCUT2D eigenvalue weighted by Gasteiger charge is 2.16. The lowest BCUT2D eigenvalue weighted by Gasteiger charge is -2.23. The molecule has 1 aromatic carbocycles. The molecule has 0 radical (unpaired) electrons. The molecule has 0 spiro atoms. The van der Waals surface area contributed by atoms with E-state index in [1.54, 1.807) is 48.7 Å². The zero-order valence-electron chi connectivity index (χ0n) is 13.7. The fourth-order valence-electron chi connectivity index (χ4n) is 2.22. The maximum atomic E-state index is 12.6. The molecule has 1 aromatic heterocycles. The molecule has 1 N–H and O–H groups in total. The Kier molecular flexibility index (Phi) is 6.29. The monoisotopic (exact) mass is 334 g/mol. The number of methoxy groups -OCH3 is 2. The Labute approximate surface area is 140 Å². The molecule has 0 aliphatic carbocycles. The number of benzene rings is 1. The Morgan fingerprint density at radius 3 is 2.70 bits per heavy atom. The standard InChI is InChI=1S/C17H22N2O3S/c1-4-8-19(11-13-7-9-23-12-13)17(20)18-15-6-5-14(21-2)10-16(15)22-3/h5-7,9-10,12H,4,8,11H2,1-3H3,(H,18,20). The molecule has 0 aliphatic heterocycles. The first-order valence-electron chi connectivity index (χ1n) is 7.47. The van der Waals surface area contributed by atoms with Crippen molar-refractivity contribution in [2.45, 2.75) is 19.9 Å². The maximum absolute atomic E-state index is 12.6. The van der Waals surface area contributed by atoms with Crippen LogP contribution in [0.25, 0.3) is 0 Å². The van der Waals surface area contributed by atoms with Crippen LogP contribution in [0.5, 0.6) is 11.5 Å². The molecule has 0 saturated heterocycles. The number of thiophene rings is 1. The second-order valence-electron chi connectivity index (χ2n) is 5.05. The van der Waals surface area contributed by atoms with Gasteiger partial charge in [0, 0.05) is 19.2 Å². The molecular weight excluding hydrogens is 312 g/mol. The molecule has 2 rings (SSSR count). The van der Waals surface area contributed by atoms with Gasteiger partial charge in [-0.3, -0.25) is 0 Å². The molecule has 23 heavy (non-hydrogen) atoms. The van der Waals surface area contributed by atoms with Crippen LogP contribution in [0.2, 0.25) is 0 Å². The van der Waals surface area contributed by atoms with Gasteiger partial charge in [0.25, 0.3) is 0 Å². The first kappa shape index (κ1) is 17.1. The fourth-order valence-corrected chi connectivity index (χ4v) is 2.88. The van der Waals surface area contributed by atoms with Gasteiger partial charge in [0.05, 0.1) is 19.9 Å². The van der Waals surface area contributed by atoms with Gasteiger partial charge in [0.1, 0.15) is 11.5 Å². The number of amides is 2. The Balaban J connectivity index is 2.11. The zero-order valence-corrected chi connectivity index (χ0v) is 14.5. The first-order valence-corrected chi connectivity index (χ1v) is 8.41. The van der Waals surface area contributed by atoms with E-state index in [-0.39, 0.29) is 6.03 Å². The highest BCUT2D eigenvalue weighted by atomic mass is 32.1. The van der Waals surface area contributed by atoms with E-state index in [1.807, 2.05) is 11.4 Å². The third-order valence-corrected chi connectivity index (χ3v) is 4.12. The van der Waals surface area contributed by atoms with Crippen LogP contribution in [0.3, 0.4) is 0 Å². The van der Waals surface area contributed by atoms with E-state index in [0.29, 0.717) is 30.3 Å². The fraction of sp³-hybridized carbons (Fsp3) is 0.353. The summed E-state index contributed by atoms with van der Waals surface area (Å²) in [5.41, 5.74) is 1.77. The van der Waals surface area contributed by atoms with E-state index in [4.69, 9.17) is 9.47 Å². The first-order chi connectivity index (χ1) is 11.2. The predicted octanol–water partition coefficient (Wildman–Crippen LogP) is 4.21. The number of rotatable bonds is 7. The van der Waals surface area contributed by atoms with Crippen molar-refractivity contribution in [3.63, 3.8) is 0 Å². The van der Waals surface area contributed by atoms with E-state index >= 15 is 0 Å². The topological polar surface area (TPSA) is 50.8 Å². The summed E-state index contributed by atoms with van der Waals surface area (Å²) in [4.78, 5) is 14.4. The van der Waals surface area contributed by atoms with E-state index in [0.717, 1.165) is 12.0 Å². The number of carbonyl (C=O) groups is 1. The van der Waals surface area contributed by atoms with Crippen LogP contribution in [0.15, 0.2) is 35.0 Å². The second-order valence-corrected chi connectivity index (χ2v) is 5.83. The molecule has 2 amide bonds. The van der Waals surface area contributed by atoms with Gasteiger partial charge in [0.2, 0.25) is 0 Å². The van der Waals surface area contributed by atoms with Crippen LogP contribution in [0.4, 0.5) is 10.5 Å². The van der Waals surface area contributed by atoms with Crippen molar-refractivity contribution >= 4 is 23.1 Å². The van der Waals surface area contributed by atoms with Gasteiger partial charge in [0.15, 0.2) is 0 Å². The van der Waals surface area contributed by atoms with E-state index in [1.165, 1.54) is 0 Å². The van der Waals surface area contributed by atoms with Crippen molar-refractivity contribution in [1.82, 2.24) is 4.90 Å². The average Bonchev–Trinajstić information content (AvgIpc) is 3.07. The van der Waals surface area contributed by atoms with Crippen molar-refractivity contribution in [2.75, 3.05) is 26.1 Å². The molecule has 0 aliphatic rings. The highest BCUT2D eigenvalue weighted by Crippen LogP contribution is 2.29. The minimum Gasteiger partial charge on any atom is -0.497 e. The summed E-state index contributed by atoms with van der Waals surface area (Å²) in [6.07, 6.45) is 0.900. The maximum Gasteiger partial charge on any atom is 0.322 e.